The number of thiophene rings is 1. The molecule has 0 bridgehead atoms. The maximum atomic E-state index is 4.25. The van der Waals surface area contributed by atoms with Crippen molar-refractivity contribution in [2.24, 2.45) is 12.0 Å². The Bertz CT molecular complexity index is 506. The molecule has 0 aromatic carbocycles. The maximum Gasteiger partial charge on any atom is 0.191 e. The molecule has 0 fully saturated rings. The van der Waals surface area contributed by atoms with Crippen LogP contribution in [0, 0.1) is 0 Å². The maximum absolute atomic E-state index is 4.25. The number of hydrogen-bond acceptors (Lipinski definition) is 3. The van der Waals surface area contributed by atoms with Crippen LogP contribution in [0.5, 0.6) is 0 Å². The van der Waals surface area contributed by atoms with E-state index >= 15 is 0 Å². The lowest BCUT2D eigenvalue weighted by Gasteiger charge is -2.10. The third-order valence-electron chi connectivity index (χ3n) is 2.57. The van der Waals surface area contributed by atoms with E-state index in [9.17, 15) is 0 Å². The highest BCUT2D eigenvalue weighted by Gasteiger charge is 2.02. The van der Waals surface area contributed by atoms with Gasteiger partial charge in [0.15, 0.2) is 5.96 Å². The third kappa shape index (κ3) is 4.83. The van der Waals surface area contributed by atoms with Gasteiger partial charge in [0.25, 0.3) is 0 Å². The summed E-state index contributed by atoms with van der Waals surface area (Å²) in [6.45, 7) is 1.45. The standard InChI is InChI=1S/C12H17N5S.HI/c1-13-12(15-8-10-4-3-7-18-10)16-9-11-14-5-6-17(11)2;/h3-7H,8-9H2,1-2H3,(H2,13,15,16);1H. The summed E-state index contributed by atoms with van der Waals surface area (Å²) in [6.07, 6.45) is 3.72. The summed E-state index contributed by atoms with van der Waals surface area (Å²) >= 11 is 1.73. The minimum absolute atomic E-state index is 0. The highest BCUT2D eigenvalue weighted by atomic mass is 127. The quantitative estimate of drug-likeness (QED) is 0.476. The van der Waals surface area contributed by atoms with Crippen LogP contribution in [0.15, 0.2) is 34.9 Å². The Balaban J connectivity index is 0.00000180. The molecule has 0 unspecified atom stereocenters. The SMILES string of the molecule is CN=C(NCc1cccs1)NCc1nccn1C.I. The molecular weight excluding hydrogens is 373 g/mol. The lowest BCUT2D eigenvalue weighted by Crippen LogP contribution is -2.36. The second kappa shape index (κ2) is 8.16. The van der Waals surface area contributed by atoms with Crippen molar-refractivity contribution >= 4 is 41.3 Å². The van der Waals surface area contributed by atoms with Crippen LogP contribution in [0.3, 0.4) is 0 Å². The summed E-state index contributed by atoms with van der Waals surface area (Å²) in [5.41, 5.74) is 0. The van der Waals surface area contributed by atoms with Gasteiger partial charge in [-0.3, -0.25) is 4.99 Å². The van der Waals surface area contributed by atoms with Crippen molar-refractivity contribution in [3.05, 3.63) is 40.6 Å². The summed E-state index contributed by atoms with van der Waals surface area (Å²) in [5, 5.41) is 8.57. The largest absolute Gasteiger partial charge is 0.352 e. The topological polar surface area (TPSA) is 54.2 Å². The van der Waals surface area contributed by atoms with Crippen LogP contribution in [-0.4, -0.2) is 22.6 Å². The Labute approximate surface area is 134 Å². The minimum atomic E-state index is 0. The van der Waals surface area contributed by atoms with Gasteiger partial charge < -0.3 is 15.2 Å². The first-order chi connectivity index (χ1) is 8.79. The Morgan fingerprint density at radius 1 is 1.42 bits per heavy atom. The Hall–Kier alpha value is -1.09. The number of nitrogens with one attached hydrogen (secondary N) is 2. The third-order valence-corrected chi connectivity index (χ3v) is 3.45. The van der Waals surface area contributed by atoms with Crippen molar-refractivity contribution in [3.8, 4) is 0 Å². The van der Waals surface area contributed by atoms with Crippen LogP contribution in [0.2, 0.25) is 0 Å². The fourth-order valence-corrected chi connectivity index (χ4v) is 2.18. The molecule has 0 aliphatic carbocycles. The molecule has 0 spiro atoms. The molecule has 2 N–H and O–H groups in total. The molecule has 0 saturated carbocycles. The molecule has 2 heterocycles. The predicted molar refractivity (Wildman–Crippen MR) is 90.0 cm³/mol. The van der Waals surface area contributed by atoms with Gasteiger partial charge in [-0.2, -0.15) is 0 Å². The summed E-state index contributed by atoms with van der Waals surface area (Å²) in [4.78, 5) is 9.72. The van der Waals surface area contributed by atoms with Crippen molar-refractivity contribution in [2.75, 3.05) is 7.05 Å². The molecule has 5 nitrogen and oxygen atoms in total. The average molecular weight is 391 g/mol. The van der Waals surface area contributed by atoms with Gasteiger partial charge >= 0.3 is 0 Å². The van der Waals surface area contributed by atoms with Gasteiger partial charge in [-0.15, -0.1) is 35.3 Å². The number of aryl methyl sites for hydroxylation is 1. The molecule has 2 aromatic rings. The first-order valence-electron chi connectivity index (χ1n) is 5.72. The van der Waals surface area contributed by atoms with E-state index in [2.05, 4.69) is 32.1 Å². The van der Waals surface area contributed by atoms with Crippen LogP contribution in [-0.2, 0) is 20.1 Å². The van der Waals surface area contributed by atoms with Crippen molar-refractivity contribution < 1.29 is 0 Å². The number of hydrogen-bond donors (Lipinski definition) is 2. The van der Waals surface area contributed by atoms with Gasteiger partial charge in [-0.1, -0.05) is 6.07 Å². The number of halogens is 1. The average Bonchev–Trinajstić information content (AvgIpc) is 3.01. The van der Waals surface area contributed by atoms with Crippen LogP contribution < -0.4 is 10.6 Å². The zero-order chi connectivity index (χ0) is 12.8. The minimum Gasteiger partial charge on any atom is -0.352 e. The molecule has 0 radical (unpaired) electrons. The number of aliphatic imine (C=N–C) groups is 1. The molecule has 2 aromatic heterocycles. The van der Waals surface area contributed by atoms with Crippen LogP contribution >= 0.6 is 35.3 Å². The zero-order valence-corrected chi connectivity index (χ0v) is 14.1. The Morgan fingerprint density at radius 2 is 2.21 bits per heavy atom. The van der Waals surface area contributed by atoms with E-state index in [1.54, 1.807) is 24.6 Å². The van der Waals surface area contributed by atoms with Crippen LogP contribution in [0.25, 0.3) is 0 Å². The fourth-order valence-electron chi connectivity index (χ4n) is 1.53. The first kappa shape index (κ1) is 16.0. The molecular formula is C12H18IN5S. The van der Waals surface area contributed by atoms with E-state index in [1.807, 2.05) is 23.9 Å². The molecule has 19 heavy (non-hydrogen) atoms. The van der Waals surface area contributed by atoms with E-state index < -0.39 is 0 Å². The van der Waals surface area contributed by atoms with E-state index in [4.69, 9.17) is 0 Å². The van der Waals surface area contributed by atoms with Crippen LogP contribution in [0.1, 0.15) is 10.7 Å². The summed E-state index contributed by atoms with van der Waals surface area (Å²) < 4.78 is 1.99. The molecule has 7 heteroatoms. The molecule has 0 aliphatic heterocycles. The van der Waals surface area contributed by atoms with Crippen molar-refractivity contribution in [1.82, 2.24) is 20.2 Å². The normalized spacial score (nSPS) is 10.9. The number of imidazole rings is 1. The van der Waals surface area contributed by atoms with Crippen molar-refractivity contribution in [1.29, 1.82) is 0 Å². The molecule has 2 rings (SSSR count). The van der Waals surface area contributed by atoms with Crippen molar-refractivity contribution in [2.45, 2.75) is 13.1 Å². The van der Waals surface area contributed by atoms with Gasteiger partial charge in [0.05, 0.1) is 13.1 Å². The molecule has 0 atom stereocenters. The number of nitrogens with zero attached hydrogens (tertiary/aromatic N) is 3. The molecule has 0 aliphatic rings. The summed E-state index contributed by atoms with van der Waals surface area (Å²) in [5.74, 6) is 1.76. The van der Waals surface area contributed by atoms with Gasteiger partial charge in [0.2, 0.25) is 0 Å². The smallest absolute Gasteiger partial charge is 0.191 e. The predicted octanol–water partition coefficient (Wildman–Crippen LogP) is 1.96. The zero-order valence-electron chi connectivity index (χ0n) is 11.0. The van der Waals surface area contributed by atoms with Crippen molar-refractivity contribution in [3.63, 3.8) is 0 Å². The van der Waals surface area contributed by atoms with E-state index in [0.717, 1.165) is 18.3 Å². The first-order valence-corrected chi connectivity index (χ1v) is 6.60. The highest BCUT2D eigenvalue weighted by molar-refractivity contribution is 14.0. The summed E-state index contributed by atoms with van der Waals surface area (Å²) in [6, 6.07) is 4.15. The lowest BCUT2D eigenvalue weighted by molar-refractivity contribution is 0.728. The van der Waals surface area contributed by atoms with Crippen LogP contribution in [0.4, 0.5) is 0 Å². The second-order valence-electron chi connectivity index (χ2n) is 3.81. The van der Waals surface area contributed by atoms with E-state index in [1.165, 1.54) is 4.88 Å². The van der Waals surface area contributed by atoms with Gasteiger partial charge in [-0.05, 0) is 11.4 Å². The highest BCUT2D eigenvalue weighted by Crippen LogP contribution is 2.07. The monoisotopic (exact) mass is 391 g/mol. The Kier molecular flexibility index (Phi) is 6.85. The number of aromatic nitrogens is 2. The number of rotatable bonds is 4. The van der Waals surface area contributed by atoms with Gasteiger partial charge in [-0.25, -0.2) is 4.98 Å². The lowest BCUT2D eigenvalue weighted by atomic mass is 10.4. The Morgan fingerprint density at radius 3 is 2.79 bits per heavy atom. The molecule has 0 saturated heterocycles. The van der Waals surface area contributed by atoms with E-state index in [-0.39, 0.29) is 24.0 Å². The number of guanidine groups is 1. The van der Waals surface area contributed by atoms with Gasteiger partial charge in [0, 0.05) is 31.4 Å². The second-order valence-corrected chi connectivity index (χ2v) is 4.85. The van der Waals surface area contributed by atoms with E-state index in [0.29, 0.717) is 6.54 Å². The molecule has 0 amide bonds. The fraction of sp³-hybridized carbons (Fsp3) is 0.333. The van der Waals surface area contributed by atoms with Gasteiger partial charge in [0.1, 0.15) is 5.82 Å². The summed E-state index contributed by atoms with van der Waals surface area (Å²) in [7, 11) is 3.74. The molecule has 104 valence electrons.